The van der Waals surface area contributed by atoms with Crippen molar-refractivity contribution in [1.29, 1.82) is 0 Å². The van der Waals surface area contributed by atoms with Crippen molar-refractivity contribution in [3.05, 3.63) is 46.4 Å². The highest BCUT2D eigenvalue weighted by molar-refractivity contribution is 6.36. The van der Waals surface area contributed by atoms with Crippen LogP contribution in [0.4, 0.5) is 11.8 Å². The summed E-state index contributed by atoms with van der Waals surface area (Å²) in [6.07, 6.45) is 0. The second-order valence-corrected chi connectivity index (χ2v) is 5.17. The lowest BCUT2D eigenvalue weighted by molar-refractivity contribution is 1.25. The lowest BCUT2D eigenvalue weighted by Gasteiger charge is -2.08. The first-order valence-corrected chi connectivity index (χ1v) is 6.58. The maximum absolute atomic E-state index is 6.21. The van der Waals surface area contributed by atoms with E-state index in [-0.39, 0.29) is 5.95 Å². The second-order valence-electron chi connectivity index (χ2n) is 4.32. The van der Waals surface area contributed by atoms with Gasteiger partial charge in [0.15, 0.2) is 0 Å². The summed E-state index contributed by atoms with van der Waals surface area (Å²) >= 11 is 12.1. The standard InChI is InChI=1S/C14H10Cl2N4/c15-8-2-4-9(11(16)6-8)7-1-3-10-12(5-7)19-14(18)20-13(10)17/h1-6H,(H4,17,18,19,20). The maximum Gasteiger partial charge on any atom is 0.222 e. The molecule has 4 nitrogen and oxygen atoms in total. The third-order valence-electron chi connectivity index (χ3n) is 2.99. The van der Waals surface area contributed by atoms with E-state index >= 15 is 0 Å². The quantitative estimate of drug-likeness (QED) is 0.717. The first kappa shape index (κ1) is 13.0. The van der Waals surface area contributed by atoms with Crippen LogP contribution in [0, 0.1) is 0 Å². The van der Waals surface area contributed by atoms with Gasteiger partial charge < -0.3 is 11.5 Å². The highest BCUT2D eigenvalue weighted by Crippen LogP contribution is 2.32. The Morgan fingerprint density at radius 2 is 1.70 bits per heavy atom. The van der Waals surface area contributed by atoms with Gasteiger partial charge in [-0.15, -0.1) is 0 Å². The van der Waals surface area contributed by atoms with Crippen molar-refractivity contribution in [2.45, 2.75) is 0 Å². The Bertz CT molecular complexity index is 818. The van der Waals surface area contributed by atoms with Crippen LogP contribution in [-0.4, -0.2) is 9.97 Å². The molecule has 0 saturated carbocycles. The average molecular weight is 305 g/mol. The molecular weight excluding hydrogens is 295 g/mol. The molecule has 0 aliphatic heterocycles. The number of halogens is 2. The summed E-state index contributed by atoms with van der Waals surface area (Å²) in [5.41, 5.74) is 13.9. The van der Waals surface area contributed by atoms with E-state index in [9.17, 15) is 0 Å². The lowest BCUT2D eigenvalue weighted by atomic mass is 10.0. The van der Waals surface area contributed by atoms with Crippen LogP contribution in [0.3, 0.4) is 0 Å². The van der Waals surface area contributed by atoms with Crippen molar-refractivity contribution >= 4 is 45.9 Å². The lowest BCUT2D eigenvalue weighted by Crippen LogP contribution is -2.00. The summed E-state index contributed by atoms with van der Waals surface area (Å²) < 4.78 is 0. The Hall–Kier alpha value is -2.04. The van der Waals surface area contributed by atoms with E-state index in [1.165, 1.54) is 0 Å². The van der Waals surface area contributed by atoms with Crippen molar-refractivity contribution in [3.63, 3.8) is 0 Å². The Balaban J connectivity index is 2.22. The molecule has 1 heterocycles. The van der Waals surface area contributed by atoms with Gasteiger partial charge >= 0.3 is 0 Å². The van der Waals surface area contributed by atoms with Gasteiger partial charge in [0.05, 0.1) is 5.52 Å². The fraction of sp³-hybridized carbons (Fsp3) is 0. The summed E-state index contributed by atoms with van der Waals surface area (Å²) in [6, 6.07) is 11.0. The zero-order valence-corrected chi connectivity index (χ0v) is 11.8. The van der Waals surface area contributed by atoms with Gasteiger partial charge in [-0.05, 0) is 29.8 Å². The summed E-state index contributed by atoms with van der Waals surface area (Å²) in [5.74, 6) is 0.510. The number of rotatable bonds is 1. The number of nitrogens with zero attached hydrogens (tertiary/aromatic N) is 2. The molecule has 4 N–H and O–H groups in total. The minimum atomic E-state index is 0.148. The van der Waals surface area contributed by atoms with Crippen molar-refractivity contribution in [1.82, 2.24) is 9.97 Å². The highest BCUT2D eigenvalue weighted by atomic mass is 35.5. The third kappa shape index (κ3) is 2.24. The van der Waals surface area contributed by atoms with E-state index in [0.29, 0.717) is 21.4 Å². The zero-order chi connectivity index (χ0) is 14.3. The number of hydrogen-bond acceptors (Lipinski definition) is 4. The van der Waals surface area contributed by atoms with Gasteiger partial charge in [-0.3, -0.25) is 0 Å². The molecule has 0 amide bonds. The average Bonchev–Trinajstić information content (AvgIpc) is 2.37. The molecule has 0 radical (unpaired) electrons. The van der Waals surface area contributed by atoms with Gasteiger partial charge in [-0.2, -0.15) is 4.98 Å². The molecule has 6 heteroatoms. The molecule has 2 aromatic carbocycles. The minimum absolute atomic E-state index is 0.148. The minimum Gasteiger partial charge on any atom is -0.383 e. The van der Waals surface area contributed by atoms with Crippen LogP contribution in [0.25, 0.3) is 22.0 Å². The number of hydrogen-bond donors (Lipinski definition) is 2. The molecule has 100 valence electrons. The Morgan fingerprint density at radius 3 is 2.45 bits per heavy atom. The molecule has 0 saturated heterocycles. The summed E-state index contributed by atoms with van der Waals surface area (Å²) in [7, 11) is 0. The van der Waals surface area contributed by atoms with Crippen LogP contribution in [0.2, 0.25) is 10.0 Å². The Labute approximate surface area is 125 Å². The molecule has 0 unspecified atom stereocenters. The largest absolute Gasteiger partial charge is 0.383 e. The van der Waals surface area contributed by atoms with Crippen molar-refractivity contribution in [2.24, 2.45) is 0 Å². The van der Waals surface area contributed by atoms with Crippen molar-refractivity contribution < 1.29 is 0 Å². The van der Waals surface area contributed by atoms with E-state index in [2.05, 4.69) is 9.97 Å². The van der Waals surface area contributed by atoms with Gasteiger partial charge in [0.2, 0.25) is 5.95 Å². The number of nitrogens with two attached hydrogens (primary N) is 2. The molecule has 1 aromatic heterocycles. The molecule has 0 bridgehead atoms. The summed E-state index contributed by atoms with van der Waals surface area (Å²) in [5, 5.41) is 1.93. The normalized spacial score (nSPS) is 10.9. The second kappa shape index (κ2) is 4.81. The van der Waals surface area contributed by atoms with Crippen LogP contribution < -0.4 is 11.5 Å². The maximum atomic E-state index is 6.21. The van der Waals surface area contributed by atoms with Gasteiger partial charge in [0.25, 0.3) is 0 Å². The highest BCUT2D eigenvalue weighted by Gasteiger charge is 2.08. The van der Waals surface area contributed by atoms with Gasteiger partial charge in [-0.25, -0.2) is 4.98 Å². The summed E-state index contributed by atoms with van der Waals surface area (Å²) in [6.45, 7) is 0. The van der Waals surface area contributed by atoms with Gasteiger partial charge in [0, 0.05) is 21.0 Å². The van der Waals surface area contributed by atoms with E-state index in [1.54, 1.807) is 12.1 Å². The molecule has 0 aliphatic rings. The SMILES string of the molecule is Nc1nc(N)c2ccc(-c3ccc(Cl)cc3Cl)cc2n1. The van der Waals surface area contributed by atoms with E-state index < -0.39 is 0 Å². The first-order valence-electron chi connectivity index (χ1n) is 5.83. The zero-order valence-electron chi connectivity index (χ0n) is 10.3. The third-order valence-corrected chi connectivity index (χ3v) is 3.53. The molecule has 0 fully saturated rings. The molecule has 0 atom stereocenters. The van der Waals surface area contributed by atoms with Crippen LogP contribution in [-0.2, 0) is 0 Å². The molecular formula is C14H10Cl2N4. The number of aromatic nitrogens is 2. The molecule has 0 aliphatic carbocycles. The number of benzene rings is 2. The van der Waals surface area contributed by atoms with Crippen LogP contribution in [0.1, 0.15) is 0 Å². The van der Waals surface area contributed by atoms with Crippen LogP contribution >= 0.6 is 23.2 Å². The Kier molecular flexibility index (Phi) is 3.12. The van der Waals surface area contributed by atoms with Crippen LogP contribution in [0.5, 0.6) is 0 Å². The van der Waals surface area contributed by atoms with Crippen molar-refractivity contribution in [2.75, 3.05) is 11.5 Å². The fourth-order valence-electron chi connectivity index (χ4n) is 2.06. The topological polar surface area (TPSA) is 77.8 Å². The molecule has 20 heavy (non-hydrogen) atoms. The molecule has 0 spiro atoms. The predicted molar refractivity (Wildman–Crippen MR) is 83.8 cm³/mol. The summed E-state index contributed by atoms with van der Waals surface area (Å²) in [4.78, 5) is 8.12. The smallest absolute Gasteiger partial charge is 0.222 e. The Morgan fingerprint density at radius 1 is 0.900 bits per heavy atom. The van der Waals surface area contributed by atoms with Crippen molar-refractivity contribution in [3.8, 4) is 11.1 Å². The molecule has 3 rings (SSSR count). The van der Waals surface area contributed by atoms with E-state index in [0.717, 1.165) is 16.5 Å². The number of anilines is 2. The van der Waals surface area contributed by atoms with E-state index in [1.807, 2.05) is 24.3 Å². The number of nitrogen functional groups attached to an aromatic ring is 2. The molecule has 3 aromatic rings. The van der Waals surface area contributed by atoms with E-state index in [4.69, 9.17) is 34.7 Å². The fourth-order valence-corrected chi connectivity index (χ4v) is 2.58. The van der Waals surface area contributed by atoms with Crippen LogP contribution in [0.15, 0.2) is 36.4 Å². The first-order chi connectivity index (χ1) is 9.54. The van der Waals surface area contributed by atoms with Gasteiger partial charge in [0.1, 0.15) is 5.82 Å². The number of fused-ring (bicyclic) bond motifs is 1. The predicted octanol–water partition coefficient (Wildman–Crippen LogP) is 3.77. The monoisotopic (exact) mass is 304 g/mol. The van der Waals surface area contributed by atoms with Gasteiger partial charge in [-0.1, -0.05) is 35.3 Å².